The van der Waals surface area contributed by atoms with Crippen molar-refractivity contribution in [3.63, 3.8) is 0 Å². The summed E-state index contributed by atoms with van der Waals surface area (Å²) >= 11 is 0. The van der Waals surface area contributed by atoms with E-state index in [4.69, 9.17) is 0 Å². The smallest absolute Gasteiger partial charge is 0.238 e. The Labute approximate surface area is 155 Å². The van der Waals surface area contributed by atoms with E-state index < -0.39 is 5.54 Å². The molecule has 1 aromatic rings. The zero-order valence-electron chi connectivity index (χ0n) is 16.1. The molecule has 1 aromatic carbocycles. The molecular formula is C20H29FN4O. The summed E-state index contributed by atoms with van der Waals surface area (Å²) in [5.74, 6) is -0.287. The first-order valence-electron chi connectivity index (χ1n) is 9.19. The second-order valence-electron chi connectivity index (χ2n) is 7.58. The predicted molar refractivity (Wildman–Crippen MR) is 99.7 cm³/mol. The highest BCUT2D eigenvalue weighted by Gasteiger charge is 2.33. The van der Waals surface area contributed by atoms with Crippen LogP contribution in [0.4, 0.5) is 4.39 Å². The van der Waals surface area contributed by atoms with E-state index in [0.29, 0.717) is 6.54 Å². The molecule has 2 atom stereocenters. The summed E-state index contributed by atoms with van der Waals surface area (Å²) in [5.41, 5.74) is 0.107. The number of hydrogen-bond acceptors (Lipinski definition) is 4. The minimum absolute atomic E-state index is 0.0340. The van der Waals surface area contributed by atoms with Gasteiger partial charge in [0.2, 0.25) is 5.91 Å². The average molecular weight is 360 g/mol. The van der Waals surface area contributed by atoms with Crippen LogP contribution >= 0.6 is 0 Å². The Hall–Kier alpha value is -1.97. The van der Waals surface area contributed by atoms with Crippen LogP contribution in [0.5, 0.6) is 0 Å². The molecule has 1 heterocycles. The van der Waals surface area contributed by atoms with Crippen molar-refractivity contribution in [2.24, 2.45) is 5.92 Å². The molecule has 6 heteroatoms. The number of carbonyl (C=O) groups excluding carboxylic acids is 1. The highest BCUT2D eigenvalue weighted by molar-refractivity contribution is 5.82. The fourth-order valence-electron chi connectivity index (χ4n) is 3.03. The third-order valence-corrected chi connectivity index (χ3v) is 5.40. The Morgan fingerprint density at radius 3 is 2.50 bits per heavy atom. The summed E-state index contributed by atoms with van der Waals surface area (Å²) < 4.78 is 13.3. The van der Waals surface area contributed by atoms with E-state index in [0.717, 1.165) is 31.7 Å². The van der Waals surface area contributed by atoms with Crippen LogP contribution in [-0.4, -0.2) is 53.5 Å². The normalized spacial score (nSPS) is 19.6. The van der Waals surface area contributed by atoms with Crippen LogP contribution in [0, 0.1) is 23.1 Å². The quantitative estimate of drug-likeness (QED) is 0.846. The van der Waals surface area contributed by atoms with Crippen molar-refractivity contribution in [2.45, 2.75) is 45.8 Å². The van der Waals surface area contributed by atoms with Gasteiger partial charge in [-0.05, 0) is 37.5 Å². The van der Waals surface area contributed by atoms with Crippen molar-refractivity contribution in [2.75, 3.05) is 26.2 Å². The van der Waals surface area contributed by atoms with Gasteiger partial charge in [0.25, 0.3) is 0 Å². The van der Waals surface area contributed by atoms with Crippen LogP contribution in [0.25, 0.3) is 0 Å². The molecule has 2 rings (SSSR count). The van der Waals surface area contributed by atoms with Gasteiger partial charge in [0, 0.05) is 32.7 Å². The summed E-state index contributed by atoms with van der Waals surface area (Å²) in [5, 5.41) is 12.3. The number of carbonyl (C=O) groups is 1. The van der Waals surface area contributed by atoms with E-state index >= 15 is 0 Å². The largest absolute Gasteiger partial charge is 0.336 e. The van der Waals surface area contributed by atoms with Gasteiger partial charge in [0.15, 0.2) is 0 Å². The van der Waals surface area contributed by atoms with E-state index in [9.17, 15) is 14.4 Å². The Morgan fingerprint density at radius 2 is 1.96 bits per heavy atom. The number of benzene rings is 1. The molecule has 1 aliphatic heterocycles. The second kappa shape index (κ2) is 8.61. The van der Waals surface area contributed by atoms with E-state index in [-0.39, 0.29) is 23.7 Å². The number of nitrogens with zero attached hydrogens (tertiary/aromatic N) is 3. The molecule has 1 saturated heterocycles. The van der Waals surface area contributed by atoms with Crippen LogP contribution in [0.15, 0.2) is 24.3 Å². The van der Waals surface area contributed by atoms with Crippen LogP contribution in [0.3, 0.4) is 0 Å². The maximum absolute atomic E-state index is 13.3. The van der Waals surface area contributed by atoms with E-state index in [1.54, 1.807) is 19.1 Å². The fourth-order valence-corrected chi connectivity index (χ4v) is 3.03. The molecule has 26 heavy (non-hydrogen) atoms. The van der Waals surface area contributed by atoms with E-state index in [2.05, 4.69) is 21.2 Å². The predicted octanol–water partition coefficient (Wildman–Crippen LogP) is 2.39. The Kier molecular flexibility index (Phi) is 6.74. The number of rotatable bonds is 6. The molecule has 1 fully saturated rings. The molecular weight excluding hydrogens is 331 g/mol. The fraction of sp³-hybridized carbons (Fsp3) is 0.600. The Morgan fingerprint density at radius 1 is 1.31 bits per heavy atom. The molecule has 142 valence electrons. The lowest BCUT2D eigenvalue weighted by Gasteiger charge is -2.38. The molecule has 1 amide bonds. The zero-order chi connectivity index (χ0) is 19.3. The summed E-state index contributed by atoms with van der Waals surface area (Å²) in [6, 6.07) is 8.62. The molecule has 2 unspecified atom stereocenters. The first kappa shape index (κ1) is 20.3. The molecule has 0 bridgehead atoms. The minimum Gasteiger partial charge on any atom is -0.336 e. The van der Waals surface area contributed by atoms with Crippen LogP contribution in [-0.2, 0) is 11.3 Å². The van der Waals surface area contributed by atoms with E-state index in [1.807, 2.05) is 26.8 Å². The SMILES string of the molecule is CC(C(=O)NC(C)(C#N)C(C)C)N1CCN(Cc2cccc(F)c2)CC1. The summed E-state index contributed by atoms with van der Waals surface area (Å²) in [6.45, 7) is 11.4. The van der Waals surface area contributed by atoms with Gasteiger partial charge < -0.3 is 5.32 Å². The average Bonchev–Trinajstić information content (AvgIpc) is 2.61. The third-order valence-electron chi connectivity index (χ3n) is 5.40. The number of nitrogens with one attached hydrogen (secondary N) is 1. The van der Waals surface area contributed by atoms with Gasteiger partial charge in [-0.2, -0.15) is 5.26 Å². The molecule has 0 radical (unpaired) electrons. The monoisotopic (exact) mass is 360 g/mol. The Balaban J connectivity index is 1.87. The highest BCUT2D eigenvalue weighted by Crippen LogP contribution is 2.17. The van der Waals surface area contributed by atoms with Gasteiger partial charge in [0.1, 0.15) is 11.4 Å². The lowest BCUT2D eigenvalue weighted by molar-refractivity contribution is -0.128. The standard InChI is InChI=1S/C20H29FN4O/c1-15(2)20(4,14-22)23-19(26)16(3)25-10-8-24(9-11-25)13-17-6-5-7-18(21)12-17/h5-7,12,15-16H,8-11,13H2,1-4H3,(H,23,26). The van der Waals surface area contributed by atoms with Crippen molar-refractivity contribution in [1.82, 2.24) is 15.1 Å². The van der Waals surface area contributed by atoms with Gasteiger partial charge in [-0.1, -0.05) is 26.0 Å². The zero-order valence-corrected chi connectivity index (χ0v) is 16.1. The summed E-state index contributed by atoms with van der Waals surface area (Å²) in [4.78, 5) is 17.0. The number of nitriles is 1. The minimum atomic E-state index is -0.857. The Bertz CT molecular complexity index is 664. The first-order valence-corrected chi connectivity index (χ1v) is 9.19. The van der Waals surface area contributed by atoms with Gasteiger partial charge in [0.05, 0.1) is 12.1 Å². The lowest BCUT2D eigenvalue weighted by atomic mass is 9.89. The van der Waals surface area contributed by atoms with Crippen molar-refractivity contribution in [1.29, 1.82) is 5.26 Å². The maximum atomic E-state index is 13.3. The van der Waals surface area contributed by atoms with Crippen molar-refractivity contribution in [3.8, 4) is 6.07 Å². The molecule has 0 spiro atoms. The molecule has 0 aromatic heterocycles. The van der Waals surface area contributed by atoms with Gasteiger partial charge in [-0.3, -0.25) is 14.6 Å². The molecule has 1 N–H and O–H groups in total. The molecule has 0 aliphatic carbocycles. The third kappa shape index (κ3) is 5.03. The van der Waals surface area contributed by atoms with Gasteiger partial charge in [-0.15, -0.1) is 0 Å². The maximum Gasteiger partial charge on any atom is 0.238 e. The topological polar surface area (TPSA) is 59.4 Å². The van der Waals surface area contributed by atoms with Crippen LogP contribution in [0.2, 0.25) is 0 Å². The number of piperazine rings is 1. The summed E-state index contributed by atoms with van der Waals surface area (Å²) in [7, 11) is 0. The number of amides is 1. The number of hydrogen-bond donors (Lipinski definition) is 1. The number of halogens is 1. The van der Waals surface area contributed by atoms with Crippen molar-refractivity contribution in [3.05, 3.63) is 35.6 Å². The van der Waals surface area contributed by atoms with Crippen LogP contribution in [0.1, 0.15) is 33.3 Å². The van der Waals surface area contributed by atoms with Gasteiger partial charge in [-0.25, -0.2) is 4.39 Å². The lowest BCUT2D eigenvalue weighted by Crippen LogP contribution is -2.58. The highest BCUT2D eigenvalue weighted by atomic mass is 19.1. The van der Waals surface area contributed by atoms with Crippen molar-refractivity contribution >= 4 is 5.91 Å². The molecule has 0 saturated carbocycles. The molecule has 5 nitrogen and oxygen atoms in total. The van der Waals surface area contributed by atoms with Crippen LogP contribution < -0.4 is 5.32 Å². The van der Waals surface area contributed by atoms with Gasteiger partial charge >= 0.3 is 0 Å². The van der Waals surface area contributed by atoms with Crippen molar-refractivity contribution < 1.29 is 9.18 Å². The second-order valence-corrected chi connectivity index (χ2v) is 7.58. The summed E-state index contributed by atoms with van der Waals surface area (Å²) in [6.07, 6.45) is 0. The van der Waals surface area contributed by atoms with E-state index in [1.165, 1.54) is 6.07 Å². The molecule has 1 aliphatic rings. The first-order chi connectivity index (χ1) is 12.2.